The van der Waals surface area contributed by atoms with Gasteiger partial charge in [-0.2, -0.15) is 13.5 Å². The molecule has 33 heavy (non-hydrogen) atoms. The predicted octanol–water partition coefficient (Wildman–Crippen LogP) is 1.09. The number of thiophene rings is 1. The first kappa shape index (κ1) is 23.4. The van der Waals surface area contributed by atoms with E-state index in [1.54, 1.807) is 6.20 Å². The molecule has 0 saturated heterocycles. The zero-order valence-electron chi connectivity index (χ0n) is 17.8. The molecule has 4 rings (SSSR count). The van der Waals surface area contributed by atoms with Crippen molar-refractivity contribution in [2.75, 3.05) is 11.9 Å². The van der Waals surface area contributed by atoms with Crippen LogP contribution >= 0.6 is 11.3 Å². The molecule has 3 aromatic heterocycles. The zero-order valence-corrected chi connectivity index (χ0v) is 19.4. The number of carbonyl (C=O) groups is 1. The Morgan fingerprint density at radius 1 is 1.36 bits per heavy atom. The molecule has 1 aliphatic carbocycles. The minimum absolute atomic E-state index is 0.180. The molecule has 4 N–H and O–H groups in total. The van der Waals surface area contributed by atoms with Crippen molar-refractivity contribution in [1.82, 2.24) is 19.7 Å². The van der Waals surface area contributed by atoms with Gasteiger partial charge in [0, 0.05) is 30.6 Å². The highest BCUT2D eigenvalue weighted by Crippen LogP contribution is 2.30. The fourth-order valence-electron chi connectivity index (χ4n) is 3.82. The van der Waals surface area contributed by atoms with Crippen LogP contribution in [0.5, 0.6) is 0 Å². The molecule has 1 aliphatic rings. The fraction of sp³-hybridized carbons (Fsp3) is 0.400. The van der Waals surface area contributed by atoms with Crippen LogP contribution in [0.3, 0.4) is 0 Å². The Bertz CT molecular complexity index is 1240. The maximum atomic E-state index is 13.1. The molecule has 0 bridgehead atoms. The van der Waals surface area contributed by atoms with Crippen molar-refractivity contribution < 1.29 is 22.5 Å². The number of aliphatic hydroxyl groups is 1. The Morgan fingerprint density at radius 2 is 2.15 bits per heavy atom. The number of nitrogens with zero attached hydrogens (tertiary/aromatic N) is 4. The zero-order chi connectivity index (χ0) is 23.6. The molecule has 0 unspecified atom stereocenters. The normalized spacial score (nSPS) is 20.8. The Kier molecular flexibility index (Phi) is 6.86. The van der Waals surface area contributed by atoms with Crippen molar-refractivity contribution in [3.8, 4) is 0 Å². The molecule has 3 heterocycles. The van der Waals surface area contributed by atoms with Crippen LogP contribution in [0.15, 0.2) is 36.2 Å². The summed E-state index contributed by atoms with van der Waals surface area (Å²) in [6.45, 7) is 2.32. The molecule has 176 valence electrons. The van der Waals surface area contributed by atoms with Gasteiger partial charge in [-0.15, -0.1) is 11.3 Å². The number of hydrogen-bond acceptors (Lipinski definition) is 10. The standard InChI is InChI=1S/C20H24N6O5S2/c1-12-7-24-26(8-12)9-13-4-17(32-11-13)19(28)18-20(23-3-2-22-18)25-15-5-14(16(27)6-15)10-31-33(21,29)30/h2-4,7-8,11,14-16,27H,5-6,9-10H2,1H3,(H,23,25)(H2,21,29,30)/t14-,15-,16+/m1/s1. The summed E-state index contributed by atoms with van der Waals surface area (Å²) < 4.78 is 28.5. The van der Waals surface area contributed by atoms with Crippen LogP contribution in [0.4, 0.5) is 5.82 Å². The molecule has 0 amide bonds. The number of rotatable bonds is 9. The van der Waals surface area contributed by atoms with Crippen molar-refractivity contribution in [3.63, 3.8) is 0 Å². The van der Waals surface area contributed by atoms with E-state index < -0.39 is 22.3 Å². The maximum Gasteiger partial charge on any atom is 0.333 e. The predicted molar refractivity (Wildman–Crippen MR) is 121 cm³/mol. The summed E-state index contributed by atoms with van der Waals surface area (Å²) in [5, 5.41) is 24.5. The topological polar surface area (TPSA) is 162 Å². The highest BCUT2D eigenvalue weighted by atomic mass is 32.2. The van der Waals surface area contributed by atoms with Crippen LogP contribution in [0.1, 0.15) is 39.3 Å². The summed E-state index contributed by atoms with van der Waals surface area (Å²) in [6, 6.07) is 1.59. The van der Waals surface area contributed by atoms with Crippen LogP contribution in [0.25, 0.3) is 0 Å². The van der Waals surface area contributed by atoms with E-state index in [1.165, 1.54) is 23.7 Å². The average Bonchev–Trinajstić information content (AvgIpc) is 3.47. The SMILES string of the molecule is Cc1cnn(Cc2csc(C(=O)c3nccnc3N[C@@H]3C[C@H](COS(N)(=O)=O)[C@@H](O)C3)c2)c1. The number of anilines is 1. The lowest BCUT2D eigenvalue weighted by Crippen LogP contribution is -2.24. The number of aryl methyl sites for hydroxylation is 1. The van der Waals surface area contributed by atoms with Gasteiger partial charge in [0.1, 0.15) is 0 Å². The summed E-state index contributed by atoms with van der Waals surface area (Å²) in [5.74, 6) is -0.362. The minimum Gasteiger partial charge on any atom is -0.393 e. The van der Waals surface area contributed by atoms with E-state index in [0.717, 1.165) is 11.1 Å². The van der Waals surface area contributed by atoms with Gasteiger partial charge in [0.05, 0.1) is 30.3 Å². The lowest BCUT2D eigenvalue weighted by atomic mass is 10.1. The van der Waals surface area contributed by atoms with Gasteiger partial charge >= 0.3 is 10.3 Å². The number of aromatic nitrogens is 4. The van der Waals surface area contributed by atoms with E-state index in [4.69, 9.17) is 5.14 Å². The first-order chi connectivity index (χ1) is 15.7. The van der Waals surface area contributed by atoms with Gasteiger partial charge in [-0.1, -0.05) is 0 Å². The third-order valence-electron chi connectivity index (χ3n) is 5.34. The molecule has 1 fully saturated rings. The average molecular weight is 493 g/mol. The van der Waals surface area contributed by atoms with Gasteiger partial charge in [-0.05, 0) is 42.3 Å². The second-order valence-electron chi connectivity index (χ2n) is 8.03. The van der Waals surface area contributed by atoms with E-state index in [2.05, 4.69) is 24.6 Å². The number of nitrogens with two attached hydrogens (primary N) is 1. The first-order valence-electron chi connectivity index (χ1n) is 10.2. The van der Waals surface area contributed by atoms with E-state index in [-0.39, 0.29) is 24.1 Å². The molecule has 1 saturated carbocycles. The molecular weight excluding hydrogens is 468 g/mol. The van der Waals surface area contributed by atoms with Crippen molar-refractivity contribution in [2.24, 2.45) is 11.1 Å². The van der Waals surface area contributed by atoms with Crippen LogP contribution in [0, 0.1) is 12.8 Å². The van der Waals surface area contributed by atoms with Crippen molar-refractivity contribution in [2.45, 2.75) is 38.5 Å². The Hall–Kier alpha value is -2.71. The fourth-order valence-corrected chi connectivity index (χ4v) is 5.03. The Balaban J connectivity index is 1.44. The minimum atomic E-state index is -4.08. The molecule has 0 spiro atoms. The summed E-state index contributed by atoms with van der Waals surface area (Å²) >= 11 is 1.33. The van der Waals surface area contributed by atoms with Crippen LogP contribution in [-0.2, 0) is 21.0 Å². The molecule has 0 radical (unpaired) electrons. The largest absolute Gasteiger partial charge is 0.393 e. The quantitative estimate of drug-likeness (QED) is 0.371. The molecule has 0 aromatic carbocycles. The lowest BCUT2D eigenvalue weighted by molar-refractivity contribution is 0.101. The van der Waals surface area contributed by atoms with E-state index in [1.807, 2.05) is 29.2 Å². The van der Waals surface area contributed by atoms with Crippen LogP contribution in [0.2, 0.25) is 0 Å². The van der Waals surface area contributed by atoms with Crippen LogP contribution < -0.4 is 10.5 Å². The number of aliphatic hydroxyl groups excluding tert-OH is 1. The van der Waals surface area contributed by atoms with E-state index in [0.29, 0.717) is 30.1 Å². The van der Waals surface area contributed by atoms with E-state index in [9.17, 15) is 18.3 Å². The van der Waals surface area contributed by atoms with Gasteiger partial charge in [0.2, 0.25) is 5.78 Å². The number of ketones is 1. The highest BCUT2D eigenvalue weighted by Gasteiger charge is 2.35. The van der Waals surface area contributed by atoms with Gasteiger partial charge in [-0.3, -0.25) is 13.7 Å². The Labute approximate surface area is 194 Å². The van der Waals surface area contributed by atoms with Gasteiger partial charge in [-0.25, -0.2) is 15.1 Å². The lowest BCUT2D eigenvalue weighted by Gasteiger charge is -2.15. The van der Waals surface area contributed by atoms with Crippen LogP contribution in [-0.4, -0.2) is 57.8 Å². The second kappa shape index (κ2) is 9.65. The van der Waals surface area contributed by atoms with Crippen molar-refractivity contribution in [3.05, 3.63) is 57.9 Å². The van der Waals surface area contributed by atoms with Crippen molar-refractivity contribution >= 4 is 33.2 Å². The van der Waals surface area contributed by atoms with Crippen molar-refractivity contribution in [1.29, 1.82) is 0 Å². The summed E-state index contributed by atoms with van der Waals surface area (Å²) in [5.41, 5.74) is 2.20. The number of hydrogen-bond donors (Lipinski definition) is 3. The smallest absolute Gasteiger partial charge is 0.333 e. The monoisotopic (exact) mass is 492 g/mol. The summed E-state index contributed by atoms with van der Waals surface area (Å²) in [6.07, 6.45) is 6.63. The maximum absolute atomic E-state index is 13.1. The van der Waals surface area contributed by atoms with Gasteiger partial charge < -0.3 is 10.4 Å². The summed E-state index contributed by atoms with van der Waals surface area (Å²) in [4.78, 5) is 22.2. The molecular formula is C20H24N6O5S2. The third-order valence-corrected chi connectivity index (χ3v) is 6.78. The molecule has 13 heteroatoms. The molecule has 0 aliphatic heterocycles. The molecule has 11 nitrogen and oxygen atoms in total. The van der Waals surface area contributed by atoms with Gasteiger partial charge in [0.15, 0.2) is 11.5 Å². The van der Waals surface area contributed by atoms with Gasteiger partial charge in [0.25, 0.3) is 0 Å². The number of carbonyl (C=O) groups excluding carboxylic acids is 1. The molecule has 3 aromatic rings. The third kappa shape index (κ3) is 6.00. The van der Waals surface area contributed by atoms with E-state index >= 15 is 0 Å². The first-order valence-corrected chi connectivity index (χ1v) is 12.6. The summed E-state index contributed by atoms with van der Waals surface area (Å²) in [7, 11) is -4.08. The second-order valence-corrected chi connectivity index (χ2v) is 10.2. The number of nitrogens with one attached hydrogen (secondary N) is 1. The Morgan fingerprint density at radius 3 is 2.88 bits per heavy atom. The highest BCUT2D eigenvalue weighted by molar-refractivity contribution is 7.84. The molecule has 3 atom stereocenters.